The third-order valence-electron chi connectivity index (χ3n) is 8.47. The Morgan fingerprint density at radius 2 is 1.67 bits per heavy atom. The van der Waals surface area contributed by atoms with E-state index in [2.05, 4.69) is 84.3 Å². The molecule has 1 heterocycles. The molecular formula is C32H46N2O2. The van der Waals surface area contributed by atoms with Gasteiger partial charge in [0.1, 0.15) is 0 Å². The van der Waals surface area contributed by atoms with Gasteiger partial charge in [-0.05, 0) is 86.4 Å². The van der Waals surface area contributed by atoms with Crippen LogP contribution in [0, 0.1) is 17.8 Å². The largest absolute Gasteiger partial charge is 0.480 e. The summed E-state index contributed by atoms with van der Waals surface area (Å²) in [5, 5.41) is 9.57. The average molecular weight is 491 g/mol. The van der Waals surface area contributed by atoms with E-state index in [0.29, 0.717) is 23.8 Å². The summed E-state index contributed by atoms with van der Waals surface area (Å²) in [6, 6.07) is 22.2. The Morgan fingerprint density at radius 3 is 2.31 bits per heavy atom. The van der Waals surface area contributed by atoms with E-state index in [9.17, 15) is 9.90 Å². The van der Waals surface area contributed by atoms with Crippen molar-refractivity contribution in [3.8, 4) is 0 Å². The maximum atomic E-state index is 11.6. The number of nitrogens with zero attached hydrogens (tertiary/aromatic N) is 2. The SMILES string of the molecule is CC(C)CN(CC(=O)O)C1C[C@H](CN2CCC(CCCc3ccccc3)CC2)[C@@H](c2ccccc2)C1. The van der Waals surface area contributed by atoms with E-state index in [1.54, 1.807) is 0 Å². The second-order valence-corrected chi connectivity index (χ2v) is 11.7. The Labute approximate surface area is 218 Å². The van der Waals surface area contributed by atoms with Crippen molar-refractivity contribution in [2.45, 2.75) is 70.8 Å². The van der Waals surface area contributed by atoms with Crippen LogP contribution in [0.4, 0.5) is 0 Å². The number of rotatable bonds is 12. The molecule has 36 heavy (non-hydrogen) atoms. The van der Waals surface area contributed by atoms with Gasteiger partial charge >= 0.3 is 5.97 Å². The molecule has 2 aromatic rings. The van der Waals surface area contributed by atoms with E-state index in [0.717, 1.165) is 31.8 Å². The van der Waals surface area contributed by atoms with Gasteiger partial charge in [-0.2, -0.15) is 0 Å². The molecular weight excluding hydrogens is 444 g/mol. The molecule has 1 N–H and O–H groups in total. The Balaban J connectivity index is 1.32. The lowest BCUT2D eigenvalue weighted by atomic mass is 9.87. The number of hydrogen-bond acceptors (Lipinski definition) is 3. The fourth-order valence-corrected chi connectivity index (χ4v) is 6.72. The minimum atomic E-state index is -0.704. The van der Waals surface area contributed by atoms with Crippen molar-refractivity contribution < 1.29 is 9.90 Å². The summed E-state index contributed by atoms with van der Waals surface area (Å²) < 4.78 is 0. The molecule has 1 saturated carbocycles. The summed E-state index contributed by atoms with van der Waals surface area (Å²) in [5.74, 6) is 1.74. The highest BCUT2D eigenvalue weighted by molar-refractivity contribution is 5.69. The Hall–Kier alpha value is -2.17. The molecule has 1 aliphatic carbocycles. The van der Waals surface area contributed by atoms with Crippen LogP contribution >= 0.6 is 0 Å². The maximum absolute atomic E-state index is 11.6. The second kappa shape index (κ2) is 13.4. The number of aliphatic carboxylic acids is 1. The predicted octanol–water partition coefficient (Wildman–Crippen LogP) is 6.33. The minimum absolute atomic E-state index is 0.158. The molecule has 0 spiro atoms. The molecule has 2 aliphatic rings. The van der Waals surface area contributed by atoms with Gasteiger partial charge in [0, 0.05) is 19.1 Å². The number of carboxylic acids is 1. The van der Waals surface area contributed by atoms with Crippen LogP contribution in [-0.2, 0) is 11.2 Å². The molecule has 1 saturated heterocycles. The van der Waals surface area contributed by atoms with Crippen LogP contribution in [0.1, 0.15) is 69.4 Å². The number of hydrogen-bond donors (Lipinski definition) is 1. The molecule has 1 aliphatic heterocycles. The number of aryl methyl sites for hydroxylation is 1. The van der Waals surface area contributed by atoms with Crippen molar-refractivity contribution in [3.05, 3.63) is 71.8 Å². The van der Waals surface area contributed by atoms with Crippen molar-refractivity contribution in [2.24, 2.45) is 17.8 Å². The molecule has 4 rings (SSSR count). The number of piperidine rings is 1. The first kappa shape index (κ1) is 26.9. The Morgan fingerprint density at radius 1 is 1.00 bits per heavy atom. The Bertz CT molecular complexity index is 908. The molecule has 0 amide bonds. The van der Waals surface area contributed by atoms with Crippen LogP contribution in [0.15, 0.2) is 60.7 Å². The van der Waals surface area contributed by atoms with E-state index in [1.807, 2.05) is 0 Å². The monoisotopic (exact) mass is 490 g/mol. The lowest BCUT2D eigenvalue weighted by Gasteiger charge is -2.35. The fraction of sp³-hybridized carbons (Fsp3) is 0.594. The molecule has 2 aromatic carbocycles. The predicted molar refractivity (Wildman–Crippen MR) is 148 cm³/mol. The maximum Gasteiger partial charge on any atom is 0.317 e. The highest BCUT2D eigenvalue weighted by Gasteiger charge is 2.39. The van der Waals surface area contributed by atoms with E-state index < -0.39 is 5.97 Å². The van der Waals surface area contributed by atoms with Crippen molar-refractivity contribution in [2.75, 3.05) is 32.7 Å². The van der Waals surface area contributed by atoms with Crippen LogP contribution in [-0.4, -0.2) is 59.6 Å². The molecule has 1 unspecified atom stereocenters. The van der Waals surface area contributed by atoms with Crippen molar-refractivity contribution in [1.82, 2.24) is 9.80 Å². The zero-order valence-corrected chi connectivity index (χ0v) is 22.4. The van der Waals surface area contributed by atoms with Gasteiger partial charge in [-0.1, -0.05) is 80.9 Å². The van der Waals surface area contributed by atoms with Gasteiger partial charge in [0.2, 0.25) is 0 Å². The topological polar surface area (TPSA) is 43.8 Å². The zero-order valence-electron chi connectivity index (χ0n) is 22.4. The molecule has 3 atom stereocenters. The number of benzene rings is 2. The molecule has 2 fully saturated rings. The third-order valence-corrected chi connectivity index (χ3v) is 8.47. The molecule has 4 heteroatoms. The van der Waals surface area contributed by atoms with Crippen LogP contribution in [0.3, 0.4) is 0 Å². The highest BCUT2D eigenvalue weighted by atomic mass is 16.4. The number of likely N-dealkylation sites (tertiary alicyclic amines) is 1. The standard InChI is InChI=1S/C32H46N2O2/c1-25(2)22-34(24-32(35)36)30-20-29(31(21-30)28-14-7-4-8-15-28)23-33-18-16-27(17-19-33)13-9-12-26-10-5-3-6-11-26/h3-8,10-11,14-15,25,27,29-31H,9,12-13,16-24H2,1-2H3,(H,35,36)/t29-,30?,31-/m1/s1. The number of carbonyl (C=O) groups is 1. The lowest BCUT2D eigenvalue weighted by molar-refractivity contribution is -0.139. The van der Waals surface area contributed by atoms with Gasteiger partial charge in [-0.25, -0.2) is 0 Å². The first-order valence-corrected chi connectivity index (χ1v) is 14.2. The third kappa shape index (κ3) is 7.91. The summed E-state index contributed by atoms with van der Waals surface area (Å²) in [6.45, 7) is 8.98. The zero-order chi connectivity index (χ0) is 25.3. The molecule has 0 bridgehead atoms. The summed E-state index contributed by atoms with van der Waals surface area (Å²) in [7, 11) is 0. The van der Waals surface area contributed by atoms with Gasteiger partial charge in [-0.3, -0.25) is 9.69 Å². The van der Waals surface area contributed by atoms with Crippen LogP contribution in [0.2, 0.25) is 0 Å². The van der Waals surface area contributed by atoms with E-state index in [4.69, 9.17) is 0 Å². The van der Waals surface area contributed by atoms with Crippen LogP contribution < -0.4 is 0 Å². The van der Waals surface area contributed by atoms with Gasteiger partial charge < -0.3 is 10.0 Å². The van der Waals surface area contributed by atoms with Gasteiger partial charge in [0.05, 0.1) is 6.54 Å². The first-order valence-electron chi connectivity index (χ1n) is 14.2. The minimum Gasteiger partial charge on any atom is -0.480 e. The van der Waals surface area contributed by atoms with Crippen LogP contribution in [0.25, 0.3) is 0 Å². The van der Waals surface area contributed by atoms with E-state index in [-0.39, 0.29) is 6.54 Å². The highest BCUT2D eigenvalue weighted by Crippen LogP contribution is 2.43. The molecule has 196 valence electrons. The quantitative estimate of drug-likeness (QED) is 0.378. The summed E-state index contributed by atoms with van der Waals surface area (Å²) in [6.07, 6.45) is 8.66. The molecule has 4 nitrogen and oxygen atoms in total. The second-order valence-electron chi connectivity index (χ2n) is 11.7. The van der Waals surface area contributed by atoms with Gasteiger partial charge in [-0.15, -0.1) is 0 Å². The molecule has 0 aromatic heterocycles. The number of carboxylic acid groups (broad SMARTS) is 1. The van der Waals surface area contributed by atoms with E-state index >= 15 is 0 Å². The average Bonchev–Trinajstić information content (AvgIpc) is 3.29. The van der Waals surface area contributed by atoms with Gasteiger partial charge in [0.15, 0.2) is 0 Å². The summed E-state index contributed by atoms with van der Waals surface area (Å²) in [5.41, 5.74) is 2.90. The normalized spacial score (nSPS) is 23.5. The Kier molecular flexibility index (Phi) is 10.0. The van der Waals surface area contributed by atoms with Crippen molar-refractivity contribution in [1.29, 1.82) is 0 Å². The fourth-order valence-electron chi connectivity index (χ4n) is 6.72. The van der Waals surface area contributed by atoms with E-state index in [1.165, 1.54) is 56.3 Å². The van der Waals surface area contributed by atoms with Gasteiger partial charge in [0.25, 0.3) is 0 Å². The van der Waals surface area contributed by atoms with Crippen molar-refractivity contribution >= 4 is 5.97 Å². The van der Waals surface area contributed by atoms with Crippen molar-refractivity contribution in [3.63, 3.8) is 0 Å². The molecule has 0 radical (unpaired) electrons. The lowest BCUT2D eigenvalue weighted by Crippen LogP contribution is -2.41. The smallest absolute Gasteiger partial charge is 0.317 e. The summed E-state index contributed by atoms with van der Waals surface area (Å²) in [4.78, 5) is 16.6. The first-order chi connectivity index (χ1) is 17.5. The van der Waals surface area contributed by atoms with Crippen LogP contribution in [0.5, 0.6) is 0 Å². The summed E-state index contributed by atoms with van der Waals surface area (Å²) >= 11 is 0.